The number of nitrogens with one attached hydrogen (secondary N) is 2. The average Bonchev–Trinajstić information content (AvgIpc) is 2.73. The minimum Gasteiger partial charge on any atom is -0.363 e. The molecule has 1 fully saturated rings. The zero-order valence-corrected chi connectivity index (χ0v) is 18.1. The molecule has 6 nitrogen and oxygen atoms in total. The Kier molecular flexibility index (Phi) is 6.13. The molecule has 0 radical (unpaired) electrons. The lowest BCUT2D eigenvalue weighted by Crippen LogP contribution is -2.36. The minimum atomic E-state index is 0.562. The molecule has 0 aliphatic carbocycles. The Hall–Kier alpha value is -2.41. The number of thiocarbonyl (C=S) groups is 1. The van der Waals surface area contributed by atoms with E-state index in [0.717, 1.165) is 50.8 Å². The predicted octanol–water partition coefficient (Wildman–Crippen LogP) is 3.58. The molecule has 1 aromatic heterocycles. The summed E-state index contributed by atoms with van der Waals surface area (Å²) in [6, 6.07) is 10.8. The Balaban J connectivity index is 1.63. The second-order valence-corrected chi connectivity index (χ2v) is 8.43. The fourth-order valence-corrected chi connectivity index (χ4v) is 4.43. The van der Waals surface area contributed by atoms with Gasteiger partial charge in [0, 0.05) is 38.8 Å². The first kappa shape index (κ1) is 19.9. The van der Waals surface area contributed by atoms with Crippen molar-refractivity contribution in [1.82, 2.24) is 15.3 Å². The van der Waals surface area contributed by atoms with Crippen molar-refractivity contribution in [3.63, 3.8) is 0 Å². The highest BCUT2D eigenvalue weighted by Gasteiger charge is 2.22. The van der Waals surface area contributed by atoms with Crippen LogP contribution in [0.4, 0.5) is 17.6 Å². The van der Waals surface area contributed by atoms with Crippen molar-refractivity contribution in [3.05, 3.63) is 41.5 Å². The quantitative estimate of drug-likeness (QED) is 0.747. The fourth-order valence-electron chi connectivity index (χ4n) is 4.20. The largest absolute Gasteiger partial charge is 0.363 e. The van der Waals surface area contributed by atoms with Crippen LogP contribution in [0.3, 0.4) is 0 Å². The second-order valence-electron chi connectivity index (χ2n) is 8.03. The second kappa shape index (κ2) is 8.95. The van der Waals surface area contributed by atoms with Crippen molar-refractivity contribution in [2.24, 2.45) is 5.92 Å². The first-order valence-corrected chi connectivity index (χ1v) is 11.0. The van der Waals surface area contributed by atoms with Gasteiger partial charge in [-0.2, -0.15) is 9.97 Å². The molecule has 3 heterocycles. The Morgan fingerprint density at radius 1 is 1.14 bits per heavy atom. The molecule has 154 valence electrons. The van der Waals surface area contributed by atoms with Crippen LogP contribution in [0, 0.1) is 5.92 Å². The maximum Gasteiger partial charge on any atom is 0.232 e. The predicted molar refractivity (Wildman–Crippen MR) is 124 cm³/mol. The molecule has 2 aliphatic heterocycles. The highest BCUT2D eigenvalue weighted by Crippen LogP contribution is 2.28. The van der Waals surface area contributed by atoms with Crippen LogP contribution >= 0.6 is 12.2 Å². The molecule has 4 rings (SSSR count). The summed E-state index contributed by atoms with van der Waals surface area (Å²) < 4.78 is 0. The molecule has 2 aliphatic rings. The molecule has 1 aromatic carbocycles. The molecule has 0 bridgehead atoms. The minimum absolute atomic E-state index is 0.562. The third-order valence-electron chi connectivity index (χ3n) is 5.70. The maximum atomic E-state index is 5.38. The number of piperidine rings is 1. The van der Waals surface area contributed by atoms with Crippen molar-refractivity contribution in [3.8, 4) is 0 Å². The molecule has 7 heteroatoms. The summed E-state index contributed by atoms with van der Waals surface area (Å²) in [4.78, 5) is 14.4. The van der Waals surface area contributed by atoms with E-state index >= 15 is 0 Å². The van der Waals surface area contributed by atoms with E-state index in [4.69, 9.17) is 22.2 Å². The van der Waals surface area contributed by atoms with Crippen molar-refractivity contribution in [1.29, 1.82) is 0 Å². The van der Waals surface area contributed by atoms with Crippen LogP contribution in [-0.2, 0) is 13.0 Å². The molecule has 0 spiro atoms. The normalized spacial score (nSPS) is 18.9. The number of anilines is 3. The molecular formula is C22H30N6S. The van der Waals surface area contributed by atoms with Gasteiger partial charge in [-0.15, -0.1) is 0 Å². The Bertz CT molecular complexity index is 870. The van der Waals surface area contributed by atoms with Crippen LogP contribution in [-0.4, -0.2) is 41.3 Å². The van der Waals surface area contributed by atoms with Crippen molar-refractivity contribution in [2.45, 2.75) is 39.7 Å². The van der Waals surface area contributed by atoms with Gasteiger partial charge in [0.15, 0.2) is 5.11 Å². The highest BCUT2D eigenvalue weighted by atomic mass is 32.1. The van der Waals surface area contributed by atoms with Crippen LogP contribution in [0.25, 0.3) is 0 Å². The monoisotopic (exact) mass is 410 g/mol. The first-order chi connectivity index (χ1) is 14.1. The first-order valence-electron chi connectivity index (χ1n) is 10.6. The topological polar surface area (TPSA) is 56.3 Å². The number of aromatic nitrogens is 2. The third-order valence-corrected chi connectivity index (χ3v) is 5.94. The standard InChI is InChI=1S/C22H30N6S/c1-3-23-22(29)26-21-24-19(27-11-6-7-16(2)14-27)13-20(25-21)28-12-10-17-8-4-5-9-18(17)15-28/h4-5,8-9,13,16H,3,6-7,10-12,14-15H2,1-2H3,(H2,23,24,25,26,29)/t16-/m0/s1. The molecular weight excluding hydrogens is 380 g/mol. The number of nitrogens with zero attached hydrogens (tertiary/aromatic N) is 4. The molecule has 1 atom stereocenters. The van der Waals surface area contributed by atoms with Crippen LogP contribution in [0.15, 0.2) is 30.3 Å². The molecule has 0 amide bonds. The smallest absolute Gasteiger partial charge is 0.232 e. The van der Waals surface area contributed by atoms with Crippen LogP contribution < -0.4 is 20.4 Å². The zero-order valence-electron chi connectivity index (χ0n) is 17.3. The van der Waals surface area contributed by atoms with E-state index in [2.05, 4.69) is 57.7 Å². The van der Waals surface area contributed by atoms with E-state index in [1.54, 1.807) is 0 Å². The van der Waals surface area contributed by atoms with Crippen LogP contribution in [0.1, 0.15) is 37.8 Å². The summed E-state index contributed by atoms with van der Waals surface area (Å²) in [6.07, 6.45) is 3.53. The third kappa shape index (κ3) is 4.78. The van der Waals surface area contributed by atoms with Gasteiger partial charge in [0.1, 0.15) is 11.6 Å². The summed E-state index contributed by atoms with van der Waals surface area (Å²) in [5.74, 6) is 3.20. The van der Waals surface area contributed by atoms with Gasteiger partial charge in [-0.25, -0.2) is 0 Å². The van der Waals surface area contributed by atoms with Gasteiger partial charge in [0.05, 0.1) is 0 Å². The van der Waals surface area contributed by atoms with Gasteiger partial charge in [-0.05, 0) is 55.4 Å². The number of benzene rings is 1. The van der Waals surface area contributed by atoms with Crippen molar-refractivity contribution in [2.75, 3.05) is 41.3 Å². The number of rotatable bonds is 4. The highest BCUT2D eigenvalue weighted by molar-refractivity contribution is 7.80. The number of hydrogen-bond donors (Lipinski definition) is 2. The molecule has 0 unspecified atom stereocenters. The summed E-state index contributed by atoms with van der Waals surface area (Å²) in [5, 5.41) is 6.86. The summed E-state index contributed by atoms with van der Waals surface area (Å²) in [5.41, 5.74) is 2.82. The maximum absolute atomic E-state index is 5.38. The molecule has 2 aromatic rings. The van der Waals surface area contributed by atoms with Gasteiger partial charge >= 0.3 is 0 Å². The van der Waals surface area contributed by atoms with E-state index in [-0.39, 0.29) is 0 Å². The lowest BCUT2D eigenvalue weighted by atomic mass is 10.00. The Morgan fingerprint density at radius 3 is 2.66 bits per heavy atom. The Labute approximate surface area is 178 Å². The van der Waals surface area contributed by atoms with E-state index in [1.165, 1.54) is 24.0 Å². The number of hydrogen-bond acceptors (Lipinski definition) is 5. The lowest BCUT2D eigenvalue weighted by Gasteiger charge is -2.34. The van der Waals surface area contributed by atoms with Crippen molar-refractivity contribution < 1.29 is 0 Å². The zero-order chi connectivity index (χ0) is 20.2. The van der Waals surface area contributed by atoms with E-state index < -0.39 is 0 Å². The molecule has 1 saturated heterocycles. The van der Waals surface area contributed by atoms with Crippen molar-refractivity contribution >= 4 is 34.9 Å². The molecule has 0 saturated carbocycles. The summed E-state index contributed by atoms with van der Waals surface area (Å²) in [7, 11) is 0. The number of fused-ring (bicyclic) bond motifs is 1. The summed E-state index contributed by atoms with van der Waals surface area (Å²) in [6.45, 7) is 9.02. The van der Waals surface area contributed by atoms with Gasteiger partial charge in [-0.3, -0.25) is 0 Å². The lowest BCUT2D eigenvalue weighted by molar-refractivity contribution is 0.444. The van der Waals surface area contributed by atoms with E-state index in [1.807, 2.05) is 6.92 Å². The van der Waals surface area contributed by atoms with Gasteiger partial charge < -0.3 is 20.4 Å². The van der Waals surface area contributed by atoms with E-state index in [9.17, 15) is 0 Å². The fraction of sp³-hybridized carbons (Fsp3) is 0.500. The van der Waals surface area contributed by atoms with Crippen LogP contribution in [0.2, 0.25) is 0 Å². The van der Waals surface area contributed by atoms with E-state index in [0.29, 0.717) is 17.0 Å². The summed E-state index contributed by atoms with van der Waals surface area (Å²) >= 11 is 5.38. The SMILES string of the molecule is CCNC(=S)Nc1nc(N2CCc3ccccc3C2)cc(N2CCC[C@H](C)C2)n1. The van der Waals surface area contributed by atoms with Gasteiger partial charge in [-0.1, -0.05) is 31.2 Å². The van der Waals surface area contributed by atoms with Gasteiger partial charge in [0.25, 0.3) is 0 Å². The van der Waals surface area contributed by atoms with Crippen LogP contribution in [0.5, 0.6) is 0 Å². The van der Waals surface area contributed by atoms with Gasteiger partial charge in [0.2, 0.25) is 5.95 Å². The molecule has 2 N–H and O–H groups in total. The average molecular weight is 411 g/mol. The molecule has 29 heavy (non-hydrogen) atoms. The Morgan fingerprint density at radius 2 is 1.90 bits per heavy atom.